The number of nitro benzene ring substituents is 1. The number of nitrogens with one attached hydrogen (secondary N) is 1. The van der Waals surface area contributed by atoms with Crippen molar-refractivity contribution in [2.75, 3.05) is 6.61 Å². The van der Waals surface area contributed by atoms with E-state index in [1.165, 1.54) is 6.07 Å². The van der Waals surface area contributed by atoms with E-state index in [0.717, 1.165) is 0 Å². The molecule has 0 heterocycles. The van der Waals surface area contributed by atoms with E-state index in [4.69, 9.17) is 5.11 Å². The third-order valence-electron chi connectivity index (χ3n) is 3.09. The average Bonchev–Trinajstić information content (AvgIpc) is 2.39. The van der Waals surface area contributed by atoms with Crippen molar-refractivity contribution in [2.45, 2.75) is 32.7 Å². The van der Waals surface area contributed by atoms with Crippen molar-refractivity contribution in [3.63, 3.8) is 0 Å². The van der Waals surface area contributed by atoms with E-state index in [-0.39, 0.29) is 29.8 Å². The lowest BCUT2D eigenvalue weighted by molar-refractivity contribution is -0.385. The second-order valence-electron chi connectivity index (χ2n) is 4.45. The van der Waals surface area contributed by atoms with Gasteiger partial charge in [0.15, 0.2) is 0 Å². The van der Waals surface area contributed by atoms with Crippen LogP contribution in [0.1, 0.15) is 35.7 Å². The zero-order chi connectivity index (χ0) is 15.3. The predicted octanol–water partition coefficient (Wildman–Crippen LogP) is 2.56. The highest BCUT2D eigenvalue weighted by Crippen LogP contribution is 2.27. The van der Waals surface area contributed by atoms with Gasteiger partial charge in [0, 0.05) is 28.8 Å². The zero-order valence-corrected chi connectivity index (χ0v) is 12.9. The van der Waals surface area contributed by atoms with Crippen LogP contribution in [0.5, 0.6) is 0 Å². The van der Waals surface area contributed by atoms with Crippen LogP contribution < -0.4 is 5.32 Å². The molecule has 1 amide bonds. The van der Waals surface area contributed by atoms with E-state index in [0.29, 0.717) is 22.9 Å². The summed E-state index contributed by atoms with van der Waals surface area (Å²) in [6, 6.07) is 2.78. The van der Waals surface area contributed by atoms with Gasteiger partial charge >= 0.3 is 0 Å². The van der Waals surface area contributed by atoms with E-state index in [1.807, 2.05) is 6.92 Å². The number of carbonyl (C=O) groups excluding carboxylic acids is 1. The molecule has 0 aliphatic heterocycles. The number of hydrogen-bond donors (Lipinski definition) is 2. The molecule has 0 fully saturated rings. The van der Waals surface area contributed by atoms with Crippen LogP contribution in [0, 0.1) is 17.0 Å². The van der Waals surface area contributed by atoms with Crippen molar-refractivity contribution in [3.8, 4) is 0 Å². The van der Waals surface area contributed by atoms with Gasteiger partial charge in [-0.2, -0.15) is 0 Å². The van der Waals surface area contributed by atoms with Gasteiger partial charge in [0.25, 0.3) is 11.6 Å². The number of benzene rings is 1. The Morgan fingerprint density at radius 3 is 2.70 bits per heavy atom. The first-order chi connectivity index (χ1) is 9.40. The minimum Gasteiger partial charge on any atom is -0.396 e. The lowest BCUT2D eigenvalue weighted by atomic mass is 10.0. The van der Waals surface area contributed by atoms with Gasteiger partial charge in [-0.1, -0.05) is 22.9 Å². The highest BCUT2D eigenvalue weighted by atomic mass is 79.9. The van der Waals surface area contributed by atoms with Gasteiger partial charge in [0.2, 0.25) is 0 Å². The monoisotopic (exact) mass is 344 g/mol. The number of carbonyl (C=O) groups is 1. The number of halogens is 1. The van der Waals surface area contributed by atoms with Gasteiger partial charge < -0.3 is 10.4 Å². The summed E-state index contributed by atoms with van der Waals surface area (Å²) in [5.41, 5.74) is 0.497. The normalized spacial score (nSPS) is 12.0. The summed E-state index contributed by atoms with van der Waals surface area (Å²) in [6.45, 7) is 3.43. The van der Waals surface area contributed by atoms with Crippen molar-refractivity contribution >= 4 is 27.5 Å². The molecule has 0 aliphatic carbocycles. The Hall–Kier alpha value is -1.47. The van der Waals surface area contributed by atoms with Crippen LogP contribution >= 0.6 is 15.9 Å². The molecule has 1 rings (SSSR count). The summed E-state index contributed by atoms with van der Waals surface area (Å²) < 4.78 is 0.482. The van der Waals surface area contributed by atoms with Crippen LogP contribution in [0.25, 0.3) is 0 Å². The summed E-state index contributed by atoms with van der Waals surface area (Å²) in [5, 5.41) is 22.6. The first-order valence-corrected chi connectivity index (χ1v) is 7.06. The van der Waals surface area contributed by atoms with Crippen molar-refractivity contribution in [2.24, 2.45) is 0 Å². The molecule has 0 spiro atoms. The number of aliphatic hydroxyl groups is 1. The summed E-state index contributed by atoms with van der Waals surface area (Å²) in [7, 11) is 0. The van der Waals surface area contributed by atoms with Crippen LogP contribution in [0.2, 0.25) is 0 Å². The molecule has 1 aromatic carbocycles. The van der Waals surface area contributed by atoms with Crippen LogP contribution in [-0.4, -0.2) is 28.6 Å². The molecule has 0 saturated heterocycles. The number of aliphatic hydroxyl groups excluding tert-OH is 1. The van der Waals surface area contributed by atoms with Gasteiger partial charge in [-0.3, -0.25) is 14.9 Å². The fourth-order valence-corrected chi connectivity index (χ4v) is 2.33. The van der Waals surface area contributed by atoms with Crippen molar-refractivity contribution < 1.29 is 14.8 Å². The van der Waals surface area contributed by atoms with E-state index in [2.05, 4.69) is 21.2 Å². The summed E-state index contributed by atoms with van der Waals surface area (Å²) in [4.78, 5) is 22.6. The summed E-state index contributed by atoms with van der Waals surface area (Å²) in [5.74, 6) is -0.368. The Labute approximate surface area is 125 Å². The Morgan fingerprint density at radius 2 is 2.20 bits per heavy atom. The Morgan fingerprint density at radius 1 is 1.55 bits per heavy atom. The fourth-order valence-electron chi connectivity index (χ4n) is 1.89. The number of rotatable bonds is 6. The predicted molar refractivity (Wildman–Crippen MR) is 78.8 cm³/mol. The first-order valence-electron chi connectivity index (χ1n) is 6.27. The lowest BCUT2D eigenvalue weighted by Crippen LogP contribution is -2.35. The van der Waals surface area contributed by atoms with E-state index in [9.17, 15) is 14.9 Å². The number of hydrogen-bond acceptors (Lipinski definition) is 4. The quantitative estimate of drug-likeness (QED) is 0.612. The number of nitrogens with zero attached hydrogens (tertiary/aromatic N) is 1. The number of nitro groups is 1. The molecule has 1 atom stereocenters. The maximum atomic E-state index is 12.2. The molecule has 0 aromatic heterocycles. The van der Waals surface area contributed by atoms with Crippen LogP contribution in [0.4, 0.5) is 5.69 Å². The SMILES string of the molecule is CC[C@H](CCO)NC(=O)c1cc(Br)cc([N+](=O)[O-])c1C. The molecule has 2 N–H and O–H groups in total. The van der Waals surface area contributed by atoms with Crippen molar-refractivity contribution in [3.05, 3.63) is 37.8 Å². The highest BCUT2D eigenvalue weighted by Gasteiger charge is 2.21. The van der Waals surface area contributed by atoms with E-state index < -0.39 is 4.92 Å². The molecular weight excluding hydrogens is 328 g/mol. The van der Waals surface area contributed by atoms with E-state index in [1.54, 1.807) is 13.0 Å². The Kier molecular flexibility index (Phi) is 6.09. The molecule has 110 valence electrons. The molecule has 1 aromatic rings. The van der Waals surface area contributed by atoms with E-state index >= 15 is 0 Å². The van der Waals surface area contributed by atoms with Crippen LogP contribution in [0.15, 0.2) is 16.6 Å². The van der Waals surface area contributed by atoms with Crippen LogP contribution in [-0.2, 0) is 0 Å². The van der Waals surface area contributed by atoms with Crippen molar-refractivity contribution in [1.82, 2.24) is 5.32 Å². The largest absolute Gasteiger partial charge is 0.396 e. The minimum atomic E-state index is -0.512. The summed E-state index contributed by atoms with van der Waals surface area (Å²) in [6.07, 6.45) is 1.14. The third kappa shape index (κ3) is 4.01. The third-order valence-corrected chi connectivity index (χ3v) is 3.55. The molecule has 0 unspecified atom stereocenters. The molecule has 0 bridgehead atoms. The second-order valence-corrected chi connectivity index (χ2v) is 5.36. The average molecular weight is 345 g/mol. The highest BCUT2D eigenvalue weighted by molar-refractivity contribution is 9.10. The maximum Gasteiger partial charge on any atom is 0.274 e. The van der Waals surface area contributed by atoms with Gasteiger partial charge in [0.05, 0.1) is 10.5 Å². The smallest absolute Gasteiger partial charge is 0.274 e. The topological polar surface area (TPSA) is 92.5 Å². The van der Waals surface area contributed by atoms with Gasteiger partial charge in [-0.15, -0.1) is 0 Å². The standard InChI is InChI=1S/C13H17BrN2O4/c1-3-10(4-5-17)15-13(18)11-6-9(14)7-12(8(11)2)16(19)20/h6-7,10,17H,3-5H2,1-2H3,(H,15,18)/t10-/m1/s1. The molecular formula is C13H17BrN2O4. The van der Waals surface area contributed by atoms with Gasteiger partial charge in [-0.05, 0) is 25.8 Å². The van der Waals surface area contributed by atoms with Crippen molar-refractivity contribution in [1.29, 1.82) is 0 Å². The molecule has 20 heavy (non-hydrogen) atoms. The van der Waals surface area contributed by atoms with Gasteiger partial charge in [-0.25, -0.2) is 0 Å². The zero-order valence-electron chi connectivity index (χ0n) is 11.4. The minimum absolute atomic E-state index is 0.0175. The second kappa shape index (κ2) is 7.35. The first kappa shape index (κ1) is 16.6. The summed E-state index contributed by atoms with van der Waals surface area (Å²) >= 11 is 3.17. The molecule has 7 heteroatoms. The maximum absolute atomic E-state index is 12.2. The lowest BCUT2D eigenvalue weighted by Gasteiger charge is -2.16. The molecule has 0 aliphatic rings. The Bertz CT molecular complexity index is 519. The van der Waals surface area contributed by atoms with Gasteiger partial charge in [0.1, 0.15) is 0 Å². The Balaban J connectivity index is 3.06. The fraction of sp³-hybridized carbons (Fsp3) is 0.462. The van der Waals surface area contributed by atoms with Crippen LogP contribution in [0.3, 0.4) is 0 Å². The molecule has 6 nitrogen and oxygen atoms in total. The number of amides is 1. The molecule has 0 saturated carbocycles. The molecule has 0 radical (unpaired) electrons.